The van der Waals surface area contributed by atoms with Gasteiger partial charge in [-0.15, -0.1) is 0 Å². The molecule has 2 amide bonds. The van der Waals surface area contributed by atoms with Crippen LogP contribution in [0.3, 0.4) is 0 Å². The number of aromatic nitrogens is 1. The Morgan fingerprint density at radius 2 is 2.05 bits per heavy atom. The molecule has 0 aliphatic heterocycles. The van der Waals surface area contributed by atoms with Gasteiger partial charge in [0.15, 0.2) is 0 Å². The van der Waals surface area contributed by atoms with Gasteiger partial charge in [-0.25, -0.2) is 0 Å². The van der Waals surface area contributed by atoms with Gasteiger partial charge < -0.3 is 19.5 Å². The molecule has 0 unspecified atom stereocenters. The van der Waals surface area contributed by atoms with Gasteiger partial charge in [0.25, 0.3) is 11.5 Å². The molecule has 0 atom stereocenters. The monoisotopic (exact) mass is 267 g/mol. The number of nitrogens with zero attached hydrogens (tertiary/aromatic N) is 2. The van der Waals surface area contributed by atoms with E-state index >= 15 is 0 Å². The third-order valence-electron chi connectivity index (χ3n) is 2.39. The van der Waals surface area contributed by atoms with Gasteiger partial charge in [-0.1, -0.05) is 0 Å². The fourth-order valence-electron chi connectivity index (χ4n) is 1.49. The molecular formula is C12H17N3O4. The van der Waals surface area contributed by atoms with Crippen LogP contribution in [0.5, 0.6) is 0 Å². The van der Waals surface area contributed by atoms with Gasteiger partial charge in [-0.05, 0) is 6.07 Å². The van der Waals surface area contributed by atoms with Crippen molar-refractivity contribution in [3.05, 3.63) is 28.2 Å². The number of hydrogen-bond donors (Lipinski definition) is 1. The van der Waals surface area contributed by atoms with Gasteiger partial charge in [0.1, 0.15) is 12.3 Å². The van der Waals surface area contributed by atoms with Crippen LogP contribution in [0.1, 0.15) is 10.4 Å². The molecule has 1 aromatic rings. The minimum atomic E-state index is -0.450. The Morgan fingerprint density at radius 1 is 1.42 bits per heavy atom. The van der Waals surface area contributed by atoms with Gasteiger partial charge in [0, 0.05) is 34.4 Å². The summed E-state index contributed by atoms with van der Waals surface area (Å²) in [5.74, 6) is -0.702. The number of carbonyl (C=O) groups excluding carboxylic acids is 2. The Kier molecular flexibility index (Phi) is 4.82. The number of carbonyl (C=O) groups is 2. The fourth-order valence-corrected chi connectivity index (χ4v) is 1.49. The zero-order chi connectivity index (χ0) is 14.6. The number of aryl methyl sites for hydroxylation is 1. The molecule has 1 rings (SSSR count). The van der Waals surface area contributed by atoms with Crippen molar-refractivity contribution in [1.29, 1.82) is 0 Å². The molecule has 0 spiro atoms. The Bertz CT molecular complexity index is 548. The highest BCUT2D eigenvalue weighted by molar-refractivity contribution is 5.96. The maximum Gasteiger partial charge on any atom is 0.274 e. The molecule has 0 saturated heterocycles. The lowest BCUT2D eigenvalue weighted by Crippen LogP contribution is -2.29. The maximum absolute atomic E-state index is 11.8. The molecule has 19 heavy (non-hydrogen) atoms. The predicted molar refractivity (Wildman–Crippen MR) is 70.2 cm³/mol. The molecule has 1 aromatic heterocycles. The molecule has 7 heteroatoms. The Labute approximate surface area is 110 Å². The van der Waals surface area contributed by atoms with E-state index in [-0.39, 0.29) is 23.8 Å². The molecule has 0 aliphatic carbocycles. The summed E-state index contributed by atoms with van der Waals surface area (Å²) >= 11 is 0. The molecule has 0 bridgehead atoms. The van der Waals surface area contributed by atoms with Crippen LogP contribution >= 0.6 is 0 Å². The first kappa shape index (κ1) is 14.9. The highest BCUT2D eigenvalue weighted by Gasteiger charge is 2.14. The van der Waals surface area contributed by atoms with E-state index in [1.807, 2.05) is 0 Å². The number of pyridine rings is 1. The van der Waals surface area contributed by atoms with Crippen LogP contribution in [-0.2, 0) is 16.6 Å². The summed E-state index contributed by atoms with van der Waals surface area (Å²) in [4.78, 5) is 36.5. The van der Waals surface area contributed by atoms with Crippen molar-refractivity contribution in [3.8, 4) is 0 Å². The zero-order valence-corrected chi connectivity index (χ0v) is 11.4. The number of amides is 2. The SMILES string of the molecule is COCC(=O)Nc1cc(C(=O)N(C)C)cn(C)c1=O. The van der Waals surface area contributed by atoms with Gasteiger partial charge >= 0.3 is 0 Å². The van der Waals surface area contributed by atoms with Crippen molar-refractivity contribution in [2.75, 3.05) is 33.1 Å². The van der Waals surface area contributed by atoms with Crippen LogP contribution in [0.15, 0.2) is 17.1 Å². The average molecular weight is 267 g/mol. The molecule has 1 heterocycles. The smallest absolute Gasteiger partial charge is 0.274 e. The summed E-state index contributed by atoms with van der Waals surface area (Å²) in [6, 6.07) is 1.36. The molecule has 0 aliphatic rings. The highest BCUT2D eigenvalue weighted by atomic mass is 16.5. The average Bonchev–Trinajstić information content (AvgIpc) is 2.33. The van der Waals surface area contributed by atoms with Crippen LogP contribution in [0.2, 0.25) is 0 Å². The van der Waals surface area contributed by atoms with Crippen molar-refractivity contribution in [2.24, 2.45) is 7.05 Å². The normalized spacial score (nSPS) is 10.1. The first-order chi connectivity index (χ1) is 8.86. The van der Waals surface area contributed by atoms with E-state index in [0.29, 0.717) is 5.56 Å². The third kappa shape index (κ3) is 3.65. The Balaban J connectivity index is 3.14. The highest BCUT2D eigenvalue weighted by Crippen LogP contribution is 2.07. The van der Waals surface area contributed by atoms with E-state index in [2.05, 4.69) is 10.1 Å². The van der Waals surface area contributed by atoms with E-state index in [1.165, 1.54) is 35.9 Å². The summed E-state index contributed by atoms with van der Waals surface area (Å²) in [6.07, 6.45) is 1.43. The van der Waals surface area contributed by atoms with Gasteiger partial charge in [0.05, 0.1) is 5.56 Å². The lowest BCUT2D eigenvalue weighted by molar-refractivity contribution is -0.119. The number of nitrogens with one attached hydrogen (secondary N) is 1. The molecule has 1 N–H and O–H groups in total. The van der Waals surface area contributed by atoms with Crippen molar-refractivity contribution in [1.82, 2.24) is 9.47 Å². The van der Waals surface area contributed by atoms with Crippen LogP contribution in [0.4, 0.5) is 5.69 Å². The molecular weight excluding hydrogens is 250 g/mol. The van der Waals surface area contributed by atoms with Crippen molar-refractivity contribution in [3.63, 3.8) is 0 Å². The second kappa shape index (κ2) is 6.14. The van der Waals surface area contributed by atoms with Crippen LogP contribution in [0.25, 0.3) is 0 Å². The minimum absolute atomic E-state index is 0.0530. The van der Waals surface area contributed by atoms with Gasteiger partial charge in [0.2, 0.25) is 5.91 Å². The number of ether oxygens (including phenoxy) is 1. The number of hydrogen-bond acceptors (Lipinski definition) is 4. The fraction of sp³-hybridized carbons (Fsp3) is 0.417. The number of methoxy groups -OCH3 is 1. The largest absolute Gasteiger partial charge is 0.375 e. The summed E-state index contributed by atoms with van der Waals surface area (Å²) in [6.45, 7) is -0.158. The first-order valence-corrected chi connectivity index (χ1v) is 5.58. The second-order valence-corrected chi connectivity index (χ2v) is 4.24. The molecule has 104 valence electrons. The summed E-state index contributed by atoms with van der Waals surface area (Å²) in [5.41, 5.74) is -0.0168. The molecule has 0 saturated carbocycles. The summed E-state index contributed by atoms with van der Waals surface area (Å²) < 4.78 is 5.91. The van der Waals surface area contributed by atoms with Crippen LogP contribution < -0.4 is 10.9 Å². The van der Waals surface area contributed by atoms with E-state index in [1.54, 1.807) is 14.1 Å². The third-order valence-corrected chi connectivity index (χ3v) is 2.39. The summed E-state index contributed by atoms with van der Waals surface area (Å²) in [7, 11) is 6.11. The Morgan fingerprint density at radius 3 is 2.58 bits per heavy atom. The lowest BCUT2D eigenvalue weighted by Gasteiger charge is -2.13. The standard InChI is InChI=1S/C12H17N3O4/c1-14(2)11(17)8-5-9(12(18)15(3)6-8)13-10(16)7-19-4/h5-6H,7H2,1-4H3,(H,13,16). The van der Waals surface area contributed by atoms with E-state index < -0.39 is 5.91 Å². The molecule has 0 radical (unpaired) electrons. The van der Waals surface area contributed by atoms with E-state index in [9.17, 15) is 14.4 Å². The predicted octanol–water partition coefficient (Wildman–Crippen LogP) is -0.328. The molecule has 0 fully saturated rings. The van der Waals surface area contributed by atoms with E-state index in [4.69, 9.17) is 0 Å². The molecule has 0 aromatic carbocycles. The number of rotatable bonds is 4. The van der Waals surface area contributed by atoms with Crippen molar-refractivity contribution in [2.45, 2.75) is 0 Å². The van der Waals surface area contributed by atoms with Crippen molar-refractivity contribution < 1.29 is 14.3 Å². The molecule has 7 nitrogen and oxygen atoms in total. The van der Waals surface area contributed by atoms with Crippen molar-refractivity contribution >= 4 is 17.5 Å². The van der Waals surface area contributed by atoms with Crippen LogP contribution in [-0.4, -0.2) is 49.1 Å². The number of anilines is 1. The van der Waals surface area contributed by atoms with Gasteiger partial charge in [-0.2, -0.15) is 0 Å². The quantitative estimate of drug-likeness (QED) is 0.810. The minimum Gasteiger partial charge on any atom is -0.375 e. The van der Waals surface area contributed by atoms with E-state index in [0.717, 1.165) is 0 Å². The van der Waals surface area contributed by atoms with Crippen LogP contribution in [0, 0.1) is 0 Å². The topological polar surface area (TPSA) is 80.6 Å². The second-order valence-electron chi connectivity index (χ2n) is 4.24. The summed E-state index contributed by atoms with van der Waals surface area (Å²) in [5, 5.41) is 2.42. The zero-order valence-electron chi connectivity index (χ0n) is 11.4. The first-order valence-electron chi connectivity index (χ1n) is 5.58. The Hall–Kier alpha value is -2.15. The van der Waals surface area contributed by atoms with Gasteiger partial charge in [-0.3, -0.25) is 14.4 Å². The lowest BCUT2D eigenvalue weighted by atomic mass is 10.2. The maximum atomic E-state index is 11.8.